The highest BCUT2D eigenvalue weighted by Crippen LogP contribution is 2.18. The third-order valence-electron chi connectivity index (χ3n) is 3.86. The van der Waals surface area contributed by atoms with E-state index < -0.39 is 10.0 Å². The molecule has 0 spiro atoms. The molecule has 0 aliphatic carbocycles. The van der Waals surface area contributed by atoms with Crippen LogP contribution < -0.4 is 5.32 Å². The van der Waals surface area contributed by atoms with Crippen LogP contribution in [0.5, 0.6) is 0 Å². The third kappa shape index (κ3) is 4.90. The van der Waals surface area contributed by atoms with Gasteiger partial charge in [-0.05, 0) is 37.2 Å². The molecule has 130 valence electrons. The highest BCUT2D eigenvalue weighted by Gasteiger charge is 2.27. The van der Waals surface area contributed by atoms with Gasteiger partial charge in [0.1, 0.15) is 0 Å². The molecular weight excluding hydrogens is 406 g/mol. The molecule has 1 aromatic carbocycles. The fourth-order valence-electron chi connectivity index (χ4n) is 2.35. The van der Waals surface area contributed by atoms with Crippen molar-refractivity contribution in [3.8, 4) is 0 Å². The van der Waals surface area contributed by atoms with Crippen molar-refractivity contribution in [2.24, 2.45) is 0 Å². The Morgan fingerprint density at radius 1 is 1.30 bits per heavy atom. The predicted octanol–water partition coefficient (Wildman–Crippen LogP) is 1.31. The molecule has 0 bridgehead atoms. The number of amides is 1. The van der Waals surface area contributed by atoms with Gasteiger partial charge in [-0.3, -0.25) is 4.79 Å². The Morgan fingerprint density at radius 2 is 1.91 bits per heavy atom. The van der Waals surface area contributed by atoms with Gasteiger partial charge in [0.15, 0.2) is 0 Å². The summed E-state index contributed by atoms with van der Waals surface area (Å²) in [6, 6.07) is 6.50. The van der Waals surface area contributed by atoms with Crippen LogP contribution in [0.2, 0.25) is 0 Å². The van der Waals surface area contributed by atoms with Crippen molar-refractivity contribution in [3.63, 3.8) is 0 Å². The molecule has 1 heterocycles. The number of likely N-dealkylation sites (N-methyl/N-ethyl adjacent to an activating group) is 2. The third-order valence-corrected chi connectivity index (χ3v) is 6.20. The molecule has 23 heavy (non-hydrogen) atoms. The van der Waals surface area contributed by atoms with E-state index in [0.717, 1.165) is 28.3 Å². The topological polar surface area (TPSA) is 69.7 Å². The number of nitrogens with zero attached hydrogens (tertiary/aromatic N) is 2. The van der Waals surface area contributed by atoms with E-state index in [4.69, 9.17) is 0 Å². The van der Waals surface area contributed by atoms with Crippen LogP contribution in [-0.4, -0.2) is 63.3 Å². The van der Waals surface area contributed by atoms with E-state index in [1.807, 2.05) is 0 Å². The molecule has 1 amide bonds. The van der Waals surface area contributed by atoms with Crippen LogP contribution >= 0.6 is 28.3 Å². The number of hydrogen-bond acceptors (Lipinski definition) is 4. The average molecular weight is 427 g/mol. The minimum Gasteiger partial charge on any atom is -0.340 e. The van der Waals surface area contributed by atoms with Gasteiger partial charge < -0.3 is 10.2 Å². The monoisotopic (exact) mass is 425 g/mol. The molecule has 6 nitrogen and oxygen atoms in total. The van der Waals surface area contributed by atoms with E-state index in [0.29, 0.717) is 0 Å². The van der Waals surface area contributed by atoms with Crippen LogP contribution in [0.15, 0.2) is 33.6 Å². The summed E-state index contributed by atoms with van der Waals surface area (Å²) in [5, 5.41) is 3.19. The summed E-state index contributed by atoms with van der Waals surface area (Å²) in [4.78, 5) is 14.1. The van der Waals surface area contributed by atoms with Crippen molar-refractivity contribution < 1.29 is 13.2 Å². The fourth-order valence-corrected chi connectivity index (χ4v) is 3.73. The van der Waals surface area contributed by atoms with Crippen LogP contribution in [-0.2, 0) is 14.8 Å². The van der Waals surface area contributed by atoms with Crippen molar-refractivity contribution in [2.45, 2.75) is 17.4 Å². The van der Waals surface area contributed by atoms with E-state index in [1.54, 1.807) is 24.1 Å². The predicted molar refractivity (Wildman–Crippen MR) is 95.3 cm³/mol. The second-order valence-corrected chi connectivity index (χ2v) is 8.33. The standard InChI is InChI=1S/C14H20BrN3O3S.ClH/c1-17(10-14(19)18(2)12-7-8-16-9-12)22(20,21)13-5-3-11(15)4-6-13;/h3-6,12,16H,7-10H2,1-2H3;1H. The van der Waals surface area contributed by atoms with Gasteiger partial charge in [0, 0.05) is 31.2 Å². The molecule has 1 fully saturated rings. The molecule has 2 rings (SSSR count). The molecule has 9 heteroatoms. The lowest BCUT2D eigenvalue weighted by molar-refractivity contribution is -0.131. The molecule has 1 aromatic rings. The van der Waals surface area contributed by atoms with Crippen molar-refractivity contribution >= 4 is 44.3 Å². The van der Waals surface area contributed by atoms with E-state index in [2.05, 4.69) is 21.2 Å². The SMILES string of the molecule is CN(C(=O)CN(C)S(=O)(=O)c1ccc(Br)cc1)C1CCNC1.Cl. The Labute approximate surface area is 151 Å². The molecule has 0 radical (unpaired) electrons. The van der Waals surface area contributed by atoms with Crippen LogP contribution in [0, 0.1) is 0 Å². The van der Waals surface area contributed by atoms with Gasteiger partial charge in [-0.15, -0.1) is 12.4 Å². The maximum Gasteiger partial charge on any atom is 0.243 e. The number of rotatable bonds is 5. The van der Waals surface area contributed by atoms with Gasteiger partial charge in [-0.2, -0.15) is 4.31 Å². The van der Waals surface area contributed by atoms with Crippen LogP contribution in [0.3, 0.4) is 0 Å². The van der Waals surface area contributed by atoms with E-state index in [-0.39, 0.29) is 35.8 Å². The first-order valence-corrected chi connectivity index (χ1v) is 9.24. The first-order valence-electron chi connectivity index (χ1n) is 7.00. The minimum absolute atomic E-state index is 0. The molecule has 1 aliphatic heterocycles. The lowest BCUT2D eigenvalue weighted by Gasteiger charge is -2.26. The fraction of sp³-hybridized carbons (Fsp3) is 0.500. The number of nitrogens with one attached hydrogen (secondary N) is 1. The molecule has 1 aliphatic rings. The summed E-state index contributed by atoms with van der Waals surface area (Å²) < 4.78 is 26.8. The van der Waals surface area contributed by atoms with Crippen molar-refractivity contribution in [3.05, 3.63) is 28.7 Å². The molecule has 1 saturated heterocycles. The van der Waals surface area contributed by atoms with E-state index in [9.17, 15) is 13.2 Å². The maximum absolute atomic E-state index is 12.5. The Morgan fingerprint density at radius 3 is 2.43 bits per heavy atom. The number of carbonyl (C=O) groups is 1. The quantitative estimate of drug-likeness (QED) is 0.771. The number of sulfonamides is 1. The van der Waals surface area contributed by atoms with Gasteiger partial charge in [-0.25, -0.2) is 8.42 Å². The highest BCUT2D eigenvalue weighted by atomic mass is 79.9. The zero-order chi connectivity index (χ0) is 16.3. The van der Waals surface area contributed by atoms with Crippen molar-refractivity contribution in [1.82, 2.24) is 14.5 Å². The highest BCUT2D eigenvalue weighted by molar-refractivity contribution is 9.10. The van der Waals surface area contributed by atoms with E-state index >= 15 is 0 Å². The normalized spacial score (nSPS) is 17.8. The average Bonchev–Trinajstić information content (AvgIpc) is 3.00. The Hall–Kier alpha value is -0.670. The molecule has 0 saturated carbocycles. The number of benzene rings is 1. The van der Waals surface area contributed by atoms with Gasteiger partial charge >= 0.3 is 0 Å². The van der Waals surface area contributed by atoms with Crippen molar-refractivity contribution in [1.29, 1.82) is 0 Å². The minimum atomic E-state index is -3.66. The summed E-state index contributed by atoms with van der Waals surface area (Å²) in [7, 11) is -0.510. The lowest BCUT2D eigenvalue weighted by Crippen LogP contribution is -2.44. The molecule has 0 aromatic heterocycles. The molecule has 1 unspecified atom stereocenters. The summed E-state index contributed by atoms with van der Waals surface area (Å²) >= 11 is 3.27. The van der Waals surface area contributed by atoms with Gasteiger partial charge in [0.05, 0.1) is 11.4 Å². The number of hydrogen-bond donors (Lipinski definition) is 1. The lowest BCUT2D eigenvalue weighted by atomic mass is 10.2. The number of carbonyl (C=O) groups excluding carboxylic acids is 1. The van der Waals surface area contributed by atoms with E-state index in [1.165, 1.54) is 19.2 Å². The second-order valence-electron chi connectivity index (χ2n) is 5.37. The summed E-state index contributed by atoms with van der Waals surface area (Å²) in [6.07, 6.45) is 0.894. The molecule has 1 N–H and O–H groups in total. The van der Waals surface area contributed by atoms with Gasteiger partial charge in [0.2, 0.25) is 15.9 Å². The van der Waals surface area contributed by atoms with Crippen LogP contribution in [0.4, 0.5) is 0 Å². The van der Waals surface area contributed by atoms with Crippen LogP contribution in [0.1, 0.15) is 6.42 Å². The maximum atomic E-state index is 12.5. The number of halogens is 2. The molecule has 1 atom stereocenters. The Kier molecular flexibility index (Phi) is 7.47. The smallest absolute Gasteiger partial charge is 0.243 e. The van der Waals surface area contributed by atoms with Gasteiger partial charge in [0.25, 0.3) is 0 Å². The molecular formula is C14H21BrClN3O3S. The first-order chi connectivity index (χ1) is 10.3. The van der Waals surface area contributed by atoms with Crippen LogP contribution in [0.25, 0.3) is 0 Å². The second kappa shape index (κ2) is 8.43. The summed E-state index contributed by atoms with van der Waals surface area (Å²) in [5.74, 6) is -0.197. The Balaban J connectivity index is 0.00000264. The zero-order valence-electron chi connectivity index (χ0n) is 13.0. The summed E-state index contributed by atoms with van der Waals surface area (Å²) in [6.45, 7) is 1.48. The Bertz CT molecular complexity index is 633. The van der Waals surface area contributed by atoms with Gasteiger partial charge in [-0.1, -0.05) is 15.9 Å². The largest absolute Gasteiger partial charge is 0.340 e. The first kappa shape index (κ1) is 20.4. The summed E-state index contributed by atoms with van der Waals surface area (Å²) in [5.41, 5.74) is 0. The zero-order valence-corrected chi connectivity index (χ0v) is 16.2. The van der Waals surface area contributed by atoms with Crippen molar-refractivity contribution in [2.75, 3.05) is 33.7 Å².